The summed E-state index contributed by atoms with van der Waals surface area (Å²) in [5, 5.41) is 1.34. The van der Waals surface area contributed by atoms with Gasteiger partial charge in [0.1, 0.15) is 0 Å². The molecule has 40 heavy (non-hydrogen) atoms. The molecule has 5 aromatic carbocycles. The van der Waals surface area contributed by atoms with Crippen molar-refractivity contribution in [3.05, 3.63) is 127 Å². The molecular weight excluding hydrogens is 563 g/mol. The standard InChI is InChI=1S/C30H25N2O5PS2/c31-22-6-14-27(15-7-22)39(34,35)29-18-10-25(11-19-29)38(33,24-4-2-1-3-5-24)26-12-20-30(21-13-26)40(36,37)28-16-8-23(32)9-17-28/h1-21H,31-32H2. The third-order valence-corrected chi connectivity index (χ3v) is 13.2. The Balaban J connectivity index is 1.56. The van der Waals surface area contributed by atoms with Crippen molar-refractivity contribution < 1.29 is 21.4 Å². The van der Waals surface area contributed by atoms with Crippen LogP contribution in [0.5, 0.6) is 0 Å². The molecule has 0 bridgehead atoms. The summed E-state index contributed by atoms with van der Waals surface area (Å²) < 4.78 is 67.4. The summed E-state index contributed by atoms with van der Waals surface area (Å²) in [5.74, 6) is 0. The van der Waals surface area contributed by atoms with Crippen LogP contribution in [0, 0.1) is 0 Å². The number of nitrogen functional groups attached to an aromatic ring is 2. The highest BCUT2D eigenvalue weighted by Crippen LogP contribution is 2.43. The maximum atomic E-state index is 14.8. The van der Waals surface area contributed by atoms with Crippen LogP contribution < -0.4 is 27.4 Å². The van der Waals surface area contributed by atoms with Crippen molar-refractivity contribution in [3.63, 3.8) is 0 Å². The summed E-state index contributed by atoms with van der Waals surface area (Å²) in [4.78, 5) is 0.285. The first kappa shape index (κ1) is 27.4. The summed E-state index contributed by atoms with van der Waals surface area (Å²) in [6, 6.07) is 32.5. The SMILES string of the molecule is Nc1ccc(S(=O)(=O)c2ccc(P(=O)(c3ccccc3)c3ccc(S(=O)(=O)c4ccc(N)cc4)cc3)cc2)cc1. The van der Waals surface area contributed by atoms with Gasteiger partial charge in [0.2, 0.25) is 19.7 Å². The molecule has 4 N–H and O–H groups in total. The minimum atomic E-state index is -3.82. The molecule has 0 aliphatic heterocycles. The van der Waals surface area contributed by atoms with Gasteiger partial charge in [0.05, 0.1) is 19.6 Å². The molecule has 10 heteroatoms. The first-order valence-electron chi connectivity index (χ1n) is 12.1. The summed E-state index contributed by atoms with van der Waals surface area (Å²) in [6.45, 7) is 0. The van der Waals surface area contributed by atoms with Crippen LogP contribution in [0.4, 0.5) is 11.4 Å². The molecule has 0 amide bonds. The Morgan fingerprint density at radius 2 is 0.675 bits per heavy atom. The van der Waals surface area contributed by atoms with Crippen LogP contribution in [0.2, 0.25) is 0 Å². The minimum Gasteiger partial charge on any atom is -0.399 e. The van der Waals surface area contributed by atoms with Gasteiger partial charge in [-0.25, -0.2) is 16.8 Å². The predicted octanol–water partition coefficient (Wildman–Crippen LogP) is 4.16. The largest absolute Gasteiger partial charge is 0.399 e. The van der Waals surface area contributed by atoms with Crippen molar-refractivity contribution in [2.75, 3.05) is 11.5 Å². The van der Waals surface area contributed by atoms with E-state index in [1.165, 1.54) is 97.1 Å². The highest BCUT2D eigenvalue weighted by Gasteiger charge is 2.31. The quantitative estimate of drug-likeness (QED) is 0.215. The average molecular weight is 589 g/mol. The molecule has 0 saturated heterocycles. The minimum absolute atomic E-state index is 0.0468. The Hall–Kier alpha value is -4.17. The number of benzene rings is 5. The second kappa shape index (κ2) is 10.4. The molecule has 202 valence electrons. The number of anilines is 2. The average Bonchev–Trinajstić information content (AvgIpc) is 2.98. The number of hydrogen-bond acceptors (Lipinski definition) is 7. The van der Waals surface area contributed by atoms with Crippen LogP contribution >= 0.6 is 7.14 Å². The van der Waals surface area contributed by atoms with Gasteiger partial charge in [-0.3, -0.25) is 0 Å². The van der Waals surface area contributed by atoms with Gasteiger partial charge in [-0.05, 0) is 97.1 Å². The lowest BCUT2D eigenvalue weighted by molar-refractivity contribution is 0.591. The fraction of sp³-hybridized carbons (Fsp3) is 0. The smallest absolute Gasteiger partial charge is 0.206 e. The topological polar surface area (TPSA) is 137 Å². The predicted molar refractivity (Wildman–Crippen MR) is 158 cm³/mol. The van der Waals surface area contributed by atoms with Gasteiger partial charge in [-0.1, -0.05) is 30.3 Å². The second-order valence-electron chi connectivity index (χ2n) is 9.08. The van der Waals surface area contributed by atoms with E-state index in [4.69, 9.17) is 11.5 Å². The van der Waals surface area contributed by atoms with Crippen LogP contribution in [-0.4, -0.2) is 16.8 Å². The van der Waals surface area contributed by atoms with Gasteiger partial charge in [0.25, 0.3) is 0 Å². The molecule has 0 aliphatic rings. The van der Waals surface area contributed by atoms with Gasteiger partial charge < -0.3 is 16.0 Å². The third kappa shape index (κ3) is 4.95. The number of hydrogen-bond donors (Lipinski definition) is 2. The molecule has 5 rings (SSSR count). The fourth-order valence-corrected chi connectivity index (χ4v) is 9.47. The molecular formula is C30H25N2O5PS2. The van der Waals surface area contributed by atoms with Gasteiger partial charge in [-0.2, -0.15) is 0 Å². The zero-order chi connectivity index (χ0) is 28.5. The van der Waals surface area contributed by atoms with Gasteiger partial charge in [-0.15, -0.1) is 0 Å². The van der Waals surface area contributed by atoms with E-state index in [1.54, 1.807) is 30.3 Å². The zero-order valence-electron chi connectivity index (χ0n) is 21.1. The van der Waals surface area contributed by atoms with Gasteiger partial charge >= 0.3 is 0 Å². The van der Waals surface area contributed by atoms with E-state index in [-0.39, 0.29) is 19.6 Å². The zero-order valence-corrected chi connectivity index (χ0v) is 23.6. The summed E-state index contributed by atoms with van der Waals surface area (Å²) >= 11 is 0. The maximum Gasteiger partial charge on any atom is 0.206 e. The van der Waals surface area contributed by atoms with E-state index < -0.39 is 26.8 Å². The molecule has 0 atom stereocenters. The van der Waals surface area contributed by atoms with Crippen LogP contribution in [-0.2, 0) is 24.2 Å². The lowest BCUT2D eigenvalue weighted by Crippen LogP contribution is -2.25. The lowest BCUT2D eigenvalue weighted by Gasteiger charge is -2.20. The van der Waals surface area contributed by atoms with Crippen LogP contribution in [0.3, 0.4) is 0 Å². The number of rotatable bonds is 7. The van der Waals surface area contributed by atoms with E-state index in [0.717, 1.165) is 0 Å². The molecule has 0 unspecified atom stereocenters. The Morgan fingerprint density at radius 3 is 1.00 bits per heavy atom. The maximum absolute atomic E-state index is 14.8. The third-order valence-electron chi connectivity index (χ3n) is 6.52. The molecule has 0 spiro atoms. The molecule has 7 nitrogen and oxygen atoms in total. The number of nitrogens with two attached hydrogens (primary N) is 2. The Kier molecular flexibility index (Phi) is 7.14. The molecule has 0 aliphatic carbocycles. The molecule has 0 radical (unpaired) electrons. The Labute approximate surface area is 233 Å². The van der Waals surface area contributed by atoms with Gasteiger partial charge in [0, 0.05) is 27.3 Å². The normalized spacial score (nSPS) is 12.2. The Morgan fingerprint density at radius 1 is 0.400 bits per heavy atom. The van der Waals surface area contributed by atoms with Crippen molar-refractivity contribution >= 4 is 54.1 Å². The fourth-order valence-electron chi connectivity index (χ4n) is 4.32. The summed E-state index contributed by atoms with van der Waals surface area (Å²) in [7, 11) is -11.1. The van der Waals surface area contributed by atoms with Gasteiger partial charge in [0.15, 0.2) is 7.14 Å². The monoisotopic (exact) mass is 588 g/mol. The van der Waals surface area contributed by atoms with Crippen molar-refractivity contribution in [2.45, 2.75) is 19.6 Å². The van der Waals surface area contributed by atoms with Crippen molar-refractivity contribution in [1.29, 1.82) is 0 Å². The Bertz CT molecular complexity index is 1800. The highest BCUT2D eigenvalue weighted by molar-refractivity contribution is 7.92. The summed E-state index contributed by atoms with van der Waals surface area (Å²) in [5.41, 5.74) is 12.3. The summed E-state index contributed by atoms with van der Waals surface area (Å²) in [6.07, 6.45) is 0. The van der Waals surface area contributed by atoms with Crippen LogP contribution in [0.1, 0.15) is 0 Å². The molecule has 0 fully saturated rings. The van der Waals surface area contributed by atoms with Crippen molar-refractivity contribution in [2.24, 2.45) is 0 Å². The van der Waals surface area contributed by atoms with Crippen molar-refractivity contribution in [1.82, 2.24) is 0 Å². The van der Waals surface area contributed by atoms with E-state index >= 15 is 0 Å². The van der Waals surface area contributed by atoms with Crippen molar-refractivity contribution in [3.8, 4) is 0 Å². The second-order valence-corrected chi connectivity index (χ2v) is 15.7. The van der Waals surface area contributed by atoms with E-state index in [2.05, 4.69) is 0 Å². The highest BCUT2D eigenvalue weighted by atomic mass is 32.2. The molecule has 0 aromatic heterocycles. The van der Waals surface area contributed by atoms with Crippen LogP contribution in [0.15, 0.2) is 147 Å². The molecule has 0 saturated carbocycles. The lowest BCUT2D eigenvalue weighted by atomic mass is 10.3. The molecule has 0 heterocycles. The first-order valence-corrected chi connectivity index (χ1v) is 16.8. The molecule has 5 aromatic rings. The van der Waals surface area contributed by atoms with E-state index in [1.807, 2.05) is 0 Å². The van der Waals surface area contributed by atoms with E-state index in [0.29, 0.717) is 27.3 Å². The first-order chi connectivity index (χ1) is 19.0. The number of sulfone groups is 2. The van der Waals surface area contributed by atoms with E-state index in [9.17, 15) is 21.4 Å². The van der Waals surface area contributed by atoms with Crippen LogP contribution in [0.25, 0.3) is 0 Å².